The third-order valence-corrected chi connectivity index (χ3v) is 3.28. The summed E-state index contributed by atoms with van der Waals surface area (Å²) in [6, 6.07) is 12.5. The number of nitrogen functional groups attached to an aromatic ring is 1. The number of aryl methyl sites for hydroxylation is 1. The molecule has 0 unspecified atom stereocenters. The van der Waals surface area contributed by atoms with Crippen molar-refractivity contribution in [2.45, 2.75) is 6.92 Å². The summed E-state index contributed by atoms with van der Waals surface area (Å²) in [4.78, 5) is 3.23. The van der Waals surface area contributed by atoms with Gasteiger partial charge in [0.1, 0.15) is 5.82 Å². The number of halogens is 1. The minimum absolute atomic E-state index is 0.227. The standard InChI is InChI=1S/C15H13FN2/c1-9-11-8-15(10-4-2-3-5-12(10)16)18-14(11)7-6-13(9)17/h2-8,18H,17H2,1H3. The molecule has 1 heterocycles. The number of aromatic nitrogens is 1. The molecule has 0 aliphatic carbocycles. The Hall–Kier alpha value is -2.29. The van der Waals surface area contributed by atoms with Gasteiger partial charge < -0.3 is 10.7 Å². The largest absolute Gasteiger partial charge is 0.398 e. The van der Waals surface area contributed by atoms with Gasteiger partial charge in [-0.25, -0.2) is 4.39 Å². The number of nitrogens with two attached hydrogens (primary N) is 1. The van der Waals surface area contributed by atoms with Gasteiger partial charge in [-0.05, 0) is 42.8 Å². The van der Waals surface area contributed by atoms with Gasteiger partial charge in [0.05, 0.1) is 0 Å². The van der Waals surface area contributed by atoms with E-state index in [0.29, 0.717) is 5.56 Å². The molecule has 0 radical (unpaired) electrons. The third-order valence-electron chi connectivity index (χ3n) is 3.28. The van der Waals surface area contributed by atoms with Crippen LogP contribution in [0.1, 0.15) is 5.56 Å². The second-order valence-electron chi connectivity index (χ2n) is 4.40. The molecule has 0 aliphatic heterocycles. The third kappa shape index (κ3) is 1.56. The van der Waals surface area contributed by atoms with Crippen molar-refractivity contribution in [3.05, 3.63) is 53.8 Å². The molecule has 0 saturated carbocycles. The molecular weight excluding hydrogens is 227 g/mol. The molecular formula is C15H13FN2. The van der Waals surface area contributed by atoms with Crippen LogP contribution in [0, 0.1) is 12.7 Å². The first-order valence-corrected chi connectivity index (χ1v) is 5.79. The Morgan fingerprint density at radius 2 is 1.89 bits per heavy atom. The van der Waals surface area contributed by atoms with Gasteiger partial charge in [-0.1, -0.05) is 12.1 Å². The molecule has 3 aromatic rings. The van der Waals surface area contributed by atoms with Gasteiger partial charge in [-0.2, -0.15) is 0 Å². The van der Waals surface area contributed by atoms with Gasteiger partial charge in [0.25, 0.3) is 0 Å². The average Bonchev–Trinajstić information content (AvgIpc) is 2.79. The number of aromatic amines is 1. The highest BCUT2D eigenvalue weighted by atomic mass is 19.1. The number of nitrogens with one attached hydrogen (secondary N) is 1. The van der Waals surface area contributed by atoms with Crippen LogP contribution in [0.25, 0.3) is 22.2 Å². The second kappa shape index (κ2) is 3.88. The second-order valence-corrected chi connectivity index (χ2v) is 4.40. The fourth-order valence-corrected chi connectivity index (χ4v) is 2.19. The Labute approximate surface area is 104 Å². The fourth-order valence-electron chi connectivity index (χ4n) is 2.19. The number of anilines is 1. The van der Waals surface area contributed by atoms with Gasteiger partial charge in [0, 0.05) is 27.8 Å². The molecule has 0 bridgehead atoms. The SMILES string of the molecule is Cc1c(N)ccc2[nH]c(-c3ccccc3F)cc12. The first-order valence-electron chi connectivity index (χ1n) is 5.79. The highest BCUT2D eigenvalue weighted by molar-refractivity contribution is 5.91. The molecule has 0 amide bonds. The van der Waals surface area contributed by atoms with Crippen molar-refractivity contribution in [1.29, 1.82) is 0 Å². The number of H-pyrrole nitrogens is 1. The van der Waals surface area contributed by atoms with E-state index in [9.17, 15) is 4.39 Å². The van der Waals surface area contributed by atoms with E-state index < -0.39 is 0 Å². The molecule has 2 nitrogen and oxygen atoms in total. The average molecular weight is 240 g/mol. The molecule has 0 spiro atoms. The van der Waals surface area contributed by atoms with Gasteiger partial charge >= 0.3 is 0 Å². The highest BCUT2D eigenvalue weighted by Gasteiger charge is 2.09. The van der Waals surface area contributed by atoms with Crippen LogP contribution in [-0.2, 0) is 0 Å². The van der Waals surface area contributed by atoms with Crippen LogP contribution >= 0.6 is 0 Å². The van der Waals surface area contributed by atoms with E-state index in [1.807, 2.05) is 31.2 Å². The Morgan fingerprint density at radius 1 is 1.11 bits per heavy atom. The highest BCUT2D eigenvalue weighted by Crippen LogP contribution is 2.29. The van der Waals surface area contributed by atoms with Crippen LogP contribution in [0.2, 0.25) is 0 Å². The lowest BCUT2D eigenvalue weighted by Gasteiger charge is -1.99. The van der Waals surface area contributed by atoms with Crippen molar-refractivity contribution in [2.75, 3.05) is 5.73 Å². The lowest BCUT2D eigenvalue weighted by atomic mass is 10.1. The monoisotopic (exact) mass is 240 g/mol. The van der Waals surface area contributed by atoms with Gasteiger partial charge in [-0.3, -0.25) is 0 Å². The van der Waals surface area contributed by atoms with E-state index in [1.54, 1.807) is 12.1 Å². The molecule has 0 aliphatic rings. The summed E-state index contributed by atoms with van der Waals surface area (Å²) in [5.74, 6) is -0.227. The van der Waals surface area contributed by atoms with Crippen molar-refractivity contribution in [3.8, 4) is 11.3 Å². The topological polar surface area (TPSA) is 41.8 Å². The zero-order chi connectivity index (χ0) is 12.7. The molecule has 3 N–H and O–H groups in total. The summed E-state index contributed by atoms with van der Waals surface area (Å²) in [5, 5.41) is 1.04. The maximum absolute atomic E-state index is 13.7. The lowest BCUT2D eigenvalue weighted by Crippen LogP contribution is -1.88. The summed E-state index contributed by atoms with van der Waals surface area (Å²) in [7, 11) is 0. The summed E-state index contributed by atoms with van der Waals surface area (Å²) in [6.07, 6.45) is 0. The molecule has 18 heavy (non-hydrogen) atoms. The van der Waals surface area contributed by atoms with E-state index in [0.717, 1.165) is 27.8 Å². The van der Waals surface area contributed by atoms with Crippen LogP contribution in [0.3, 0.4) is 0 Å². The summed E-state index contributed by atoms with van der Waals surface area (Å²) in [6.45, 7) is 1.97. The Bertz CT molecular complexity index is 728. The first kappa shape index (κ1) is 10.8. The maximum Gasteiger partial charge on any atom is 0.132 e. The predicted molar refractivity (Wildman–Crippen MR) is 72.8 cm³/mol. The van der Waals surface area contributed by atoms with Crippen molar-refractivity contribution >= 4 is 16.6 Å². The molecule has 1 aromatic heterocycles. The van der Waals surface area contributed by atoms with E-state index in [-0.39, 0.29) is 5.82 Å². The molecule has 90 valence electrons. The number of hydrogen-bond donors (Lipinski definition) is 2. The first-order chi connectivity index (χ1) is 8.66. The normalized spacial score (nSPS) is 11.0. The Morgan fingerprint density at radius 3 is 2.67 bits per heavy atom. The maximum atomic E-state index is 13.7. The molecule has 0 saturated heterocycles. The van der Waals surface area contributed by atoms with Crippen LogP contribution in [0.15, 0.2) is 42.5 Å². The van der Waals surface area contributed by atoms with Gasteiger partial charge in [0.15, 0.2) is 0 Å². The minimum Gasteiger partial charge on any atom is -0.398 e. The van der Waals surface area contributed by atoms with E-state index in [1.165, 1.54) is 6.07 Å². The van der Waals surface area contributed by atoms with E-state index in [2.05, 4.69) is 4.98 Å². The smallest absolute Gasteiger partial charge is 0.132 e. The predicted octanol–water partition coefficient (Wildman–Crippen LogP) is 3.86. The molecule has 3 heteroatoms. The van der Waals surface area contributed by atoms with Crippen LogP contribution < -0.4 is 5.73 Å². The fraction of sp³-hybridized carbons (Fsp3) is 0.0667. The number of hydrogen-bond acceptors (Lipinski definition) is 1. The van der Waals surface area contributed by atoms with Gasteiger partial charge in [-0.15, -0.1) is 0 Å². The zero-order valence-electron chi connectivity index (χ0n) is 10.00. The minimum atomic E-state index is -0.227. The molecule has 0 atom stereocenters. The van der Waals surface area contributed by atoms with Crippen LogP contribution in [0.4, 0.5) is 10.1 Å². The van der Waals surface area contributed by atoms with Crippen molar-refractivity contribution in [2.24, 2.45) is 0 Å². The van der Waals surface area contributed by atoms with Gasteiger partial charge in [0.2, 0.25) is 0 Å². The Kier molecular flexibility index (Phi) is 2.33. The van der Waals surface area contributed by atoms with Crippen LogP contribution in [0.5, 0.6) is 0 Å². The molecule has 3 rings (SSSR count). The zero-order valence-corrected chi connectivity index (χ0v) is 10.00. The summed E-state index contributed by atoms with van der Waals surface area (Å²) in [5.41, 5.74) is 9.97. The Balaban J connectivity index is 2.26. The molecule has 2 aromatic carbocycles. The number of rotatable bonds is 1. The van der Waals surface area contributed by atoms with E-state index >= 15 is 0 Å². The molecule has 0 fully saturated rings. The van der Waals surface area contributed by atoms with Crippen molar-refractivity contribution < 1.29 is 4.39 Å². The number of fused-ring (bicyclic) bond motifs is 1. The lowest BCUT2D eigenvalue weighted by molar-refractivity contribution is 0.631. The van der Waals surface area contributed by atoms with Crippen molar-refractivity contribution in [3.63, 3.8) is 0 Å². The van der Waals surface area contributed by atoms with Crippen molar-refractivity contribution in [1.82, 2.24) is 4.98 Å². The summed E-state index contributed by atoms with van der Waals surface area (Å²) < 4.78 is 13.7. The summed E-state index contributed by atoms with van der Waals surface area (Å²) >= 11 is 0. The quantitative estimate of drug-likeness (QED) is 0.623. The van der Waals surface area contributed by atoms with E-state index in [4.69, 9.17) is 5.73 Å². The number of benzene rings is 2. The van der Waals surface area contributed by atoms with Crippen LogP contribution in [-0.4, -0.2) is 4.98 Å².